The van der Waals surface area contributed by atoms with Gasteiger partial charge in [0.1, 0.15) is 18.4 Å². The lowest BCUT2D eigenvalue weighted by atomic mass is 9.95. The summed E-state index contributed by atoms with van der Waals surface area (Å²) in [7, 11) is 1.55. The van der Waals surface area contributed by atoms with Crippen LogP contribution in [0.5, 0.6) is 17.2 Å². The van der Waals surface area contributed by atoms with E-state index >= 15 is 0 Å². The van der Waals surface area contributed by atoms with E-state index in [1.165, 1.54) is 15.9 Å². The summed E-state index contributed by atoms with van der Waals surface area (Å²) in [6.45, 7) is 7.73. The van der Waals surface area contributed by atoms with Crippen LogP contribution >= 0.6 is 11.3 Å². The minimum atomic E-state index is -0.810. The molecule has 1 atom stereocenters. The fourth-order valence-corrected chi connectivity index (χ4v) is 6.12. The summed E-state index contributed by atoms with van der Waals surface area (Å²) in [6, 6.07) is 21.3. The molecule has 0 fully saturated rings. The maximum absolute atomic E-state index is 14.2. The molecule has 0 radical (unpaired) electrons. The van der Waals surface area contributed by atoms with Crippen molar-refractivity contribution in [2.45, 2.75) is 46.4 Å². The molecule has 0 N–H and O–H groups in total. The monoisotopic (exact) mass is 623 g/mol. The lowest BCUT2D eigenvalue weighted by Crippen LogP contribution is -2.40. The Morgan fingerprint density at radius 3 is 2.51 bits per heavy atom. The van der Waals surface area contributed by atoms with Crippen molar-refractivity contribution in [1.29, 1.82) is 5.26 Å². The van der Waals surface area contributed by atoms with E-state index in [4.69, 9.17) is 24.2 Å². The molecule has 3 aromatic carbocycles. The molecule has 45 heavy (non-hydrogen) atoms. The van der Waals surface area contributed by atoms with Crippen molar-refractivity contribution in [3.05, 3.63) is 120 Å². The highest BCUT2D eigenvalue weighted by Gasteiger charge is 2.35. The zero-order valence-corrected chi connectivity index (χ0v) is 26.5. The number of esters is 1. The third-order valence-corrected chi connectivity index (χ3v) is 8.06. The number of carbonyl (C=O) groups excluding carboxylic acids is 1. The molecule has 0 spiro atoms. The molecule has 0 saturated heterocycles. The molecule has 10 heteroatoms. The van der Waals surface area contributed by atoms with Crippen molar-refractivity contribution in [2.24, 2.45) is 4.99 Å². The van der Waals surface area contributed by atoms with Crippen molar-refractivity contribution < 1.29 is 23.7 Å². The van der Waals surface area contributed by atoms with Gasteiger partial charge in [-0.3, -0.25) is 9.36 Å². The molecule has 0 bridgehead atoms. The van der Waals surface area contributed by atoms with Crippen molar-refractivity contribution in [1.82, 2.24) is 4.57 Å². The zero-order valence-electron chi connectivity index (χ0n) is 25.7. The van der Waals surface area contributed by atoms with E-state index in [0.29, 0.717) is 49.0 Å². The van der Waals surface area contributed by atoms with Gasteiger partial charge in [0.25, 0.3) is 5.56 Å². The van der Waals surface area contributed by atoms with Crippen LogP contribution in [0, 0.1) is 11.3 Å². The minimum absolute atomic E-state index is 0.131. The fraction of sp³-hybridized carbons (Fsp3) is 0.257. The van der Waals surface area contributed by atoms with Crippen molar-refractivity contribution in [3.63, 3.8) is 0 Å². The van der Waals surface area contributed by atoms with Crippen LogP contribution in [0.25, 0.3) is 6.08 Å². The Hall–Kier alpha value is -5.14. The lowest BCUT2D eigenvalue weighted by Gasteiger charge is -2.26. The molecule has 1 aromatic heterocycles. The number of allylic oxidation sites excluding steroid dienone is 1. The van der Waals surface area contributed by atoms with E-state index in [2.05, 4.69) is 11.1 Å². The number of aromatic nitrogens is 1. The molecular weight excluding hydrogens is 590 g/mol. The van der Waals surface area contributed by atoms with Crippen molar-refractivity contribution >= 4 is 23.4 Å². The minimum Gasteiger partial charge on any atom is -0.493 e. The topological polar surface area (TPSA) is 112 Å². The van der Waals surface area contributed by atoms with Crippen LogP contribution in [0.3, 0.4) is 0 Å². The number of fused-ring (bicyclic) bond motifs is 1. The highest BCUT2D eigenvalue weighted by Crippen LogP contribution is 2.36. The Labute approximate surface area is 264 Å². The SMILES string of the molecule is CCOC(=O)C1=C(C)N=c2s/c(=C\c3cccc(OC)c3OCc3ccc(C#N)cc3)c(=O)n2[C@@H]1c1ccccc1OC(C)C. The number of hydrogen-bond acceptors (Lipinski definition) is 9. The number of methoxy groups -OCH3 is 1. The molecule has 0 unspecified atom stereocenters. The van der Waals surface area contributed by atoms with Crippen molar-refractivity contribution in [2.75, 3.05) is 13.7 Å². The highest BCUT2D eigenvalue weighted by atomic mass is 32.1. The molecule has 1 aliphatic heterocycles. The van der Waals surface area contributed by atoms with Crippen LogP contribution < -0.4 is 29.1 Å². The van der Waals surface area contributed by atoms with Crippen LogP contribution in [0.2, 0.25) is 0 Å². The van der Waals surface area contributed by atoms with Crippen LogP contribution in [0.1, 0.15) is 56.0 Å². The number of thiazole rings is 1. The van der Waals surface area contributed by atoms with Gasteiger partial charge in [-0.25, -0.2) is 9.79 Å². The van der Waals surface area contributed by atoms with Gasteiger partial charge >= 0.3 is 5.97 Å². The van der Waals surface area contributed by atoms with Crippen LogP contribution in [-0.2, 0) is 16.1 Å². The van der Waals surface area contributed by atoms with Gasteiger partial charge in [-0.1, -0.05) is 53.8 Å². The predicted octanol–water partition coefficient (Wildman–Crippen LogP) is 5.04. The second kappa shape index (κ2) is 13.7. The zero-order chi connectivity index (χ0) is 32.1. The summed E-state index contributed by atoms with van der Waals surface area (Å²) in [5.41, 5.74) is 3.15. The second-order valence-corrected chi connectivity index (χ2v) is 11.5. The van der Waals surface area contributed by atoms with Crippen molar-refractivity contribution in [3.8, 4) is 23.3 Å². The summed E-state index contributed by atoms with van der Waals surface area (Å²) < 4.78 is 25.3. The Balaban J connectivity index is 1.65. The lowest BCUT2D eigenvalue weighted by molar-refractivity contribution is -0.139. The molecule has 1 aliphatic rings. The van der Waals surface area contributed by atoms with E-state index < -0.39 is 12.0 Å². The summed E-state index contributed by atoms with van der Waals surface area (Å²) in [4.78, 5) is 32.7. The smallest absolute Gasteiger partial charge is 0.338 e. The van der Waals surface area contributed by atoms with Gasteiger partial charge in [-0.2, -0.15) is 5.26 Å². The summed E-state index contributed by atoms with van der Waals surface area (Å²) in [6.07, 6.45) is 1.62. The van der Waals surface area contributed by atoms with Crippen LogP contribution in [0.15, 0.2) is 87.8 Å². The average Bonchev–Trinajstić information content (AvgIpc) is 3.33. The third-order valence-electron chi connectivity index (χ3n) is 7.08. The molecule has 0 saturated carbocycles. The quantitative estimate of drug-likeness (QED) is 0.228. The van der Waals surface area contributed by atoms with Gasteiger partial charge in [-0.05, 0) is 63.6 Å². The first kappa shape index (κ1) is 31.3. The number of rotatable bonds is 10. The molecule has 4 aromatic rings. The first-order valence-corrected chi connectivity index (χ1v) is 15.3. The number of hydrogen-bond donors (Lipinski definition) is 0. The molecule has 0 amide bonds. The molecule has 9 nitrogen and oxygen atoms in total. The van der Waals surface area contributed by atoms with Gasteiger partial charge in [0.2, 0.25) is 0 Å². The number of carbonyl (C=O) groups is 1. The Morgan fingerprint density at radius 2 is 1.82 bits per heavy atom. The van der Waals surface area contributed by atoms with Gasteiger partial charge in [0.05, 0.1) is 47.3 Å². The Morgan fingerprint density at radius 1 is 1.09 bits per heavy atom. The third kappa shape index (κ3) is 6.54. The van der Waals surface area contributed by atoms with E-state index in [-0.39, 0.29) is 30.5 Å². The van der Waals surface area contributed by atoms with E-state index in [9.17, 15) is 9.59 Å². The standard InChI is InChI=1S/C35H33N3O6S/c1-6-42-34(40)30-22(4)37-35-38(31(30)26-11-7-8-12-27(26)44-21(2)3)33(39)29(45-35)18-25-10-9-13-28(41-5)32(25)43-20-24-16-14-23(19-36)15-17-24/h7-18,21,31H,6,20H2,1-5H3/b29-18-/t31-/m1/s1. The predicted molar refractivity (Wildman–Crippen MR) is 171 cm³/mol. The average molecular weight is 624 g/mol. The summed E-state index contributed by atoms with van der Waals surface area (Å²) >= 11 is 1.22. The van der Waals surface area contributed by atoms with Crippen LogP contribution in [-0.4, -0.2) is 30.4 Å². The molecule has 0 aliphatic carbocycles. The van der Waals surface area contributed by atoms with Gasteiger partial charge < -0.3 is 18.9 Å². The maximum Gasteiger partial charge on any atom is 0.338 e. The normalized spacial score (nSPS) is 14.4. The van der Waals surface area contributed by atoms with Crippen LogP contribution in [0.4, 0.5) is 0 Å². The van der Waals surface area contributed by atoms with Gasteiger partial charge in [-0.15, -0.1) is 0 Å². The molecule has 5 rings (SSSR count). The fourth-order valence-electron chi connectivity index (χ4n) is 5.09. The molecular formula is C35H33N3O6S. The maximum atomic E-state index is 14.2. The Bertz CT molecular complexity index is 1980. The number of nitrogens with zero attached hydrogens (tertiary/aromatic N) is 3. The Kier molecular flexibility index (Phi) is 9.50. The van der Waals surface area contributed by atoms with Gasteiger partial charge in [0, 0.05) is 11.1 Å². The number of benzene rings is 3. The second-order valence-electron chi connectivity index (χ2n) is 10.5. The van der Waals surface area contributed by atoms with E-state index in [0.717, 1.165) is 5.56 Å². The van der Waals surface area contributed by atoms with E-state index in [1.54, 1.807) is 45.2 Å². The number of para-hydroxylation sites is 2. The summed E-state index contributed by atoms with van der Waals surface area (Å²) in [5.74, 6) is 0.993. The first-order valence-electron chi connectivity index (χ1n) is 14.5. The number of nitriles is 1. The summed E-state index contributed by atoms with van der Waals surface area (Å²) in [5, 5.41) is 9.11. The highest BCUT2D eigenvalue weighted by molar-refractivity contribution is 7.07. The molecule has 230 valence electrons. The largest absolute Gasteiger partial charge is 0.493 e. The number of ether oxygens (including phenoxy) is 4. The first-order chi connectivity index (χ1) is 21.7. The van der Waals surface area contributed by atoms with E-state index in [1.807, 2.05) is 62.4 Å². The molecule has 2 heterocycles. The van der Waals surface area contributed by atoms with Gasteiger partial charge in [0.15, 0.2) is 16.3 Å².